The molecule has 2 unspecified atom stereocenters. The number of hydrogen-bond donors (Lipinski definition) is 1. The lowest BCUT2D eigenvalue weighted by Gasteiger charge is -2.31. The average molecular weight is 329 g/mol. The normalized spacial score (nSPS) is 19.6. The lowest BCUT2D eigenvalue weighted by Crippen LogP contribution is -2.32. The van der Waals surface area contributed by atoms with Crippen molar-refractivity contribution in [1.29, 1.82) is 0 Å². The van der Waals surface area contributed by atoms with Gasteiger partial charge in [-0.15, -0.1) is 0 Å². The zero-order valence-electron chi connectivity index (χ0n) is 11.4. The molecule has 0 radical (unpaired) electrons. The number of alkyl halides is 3. The minimum absolute atomic E-state index is 0.0491. The van der Waals surface area contributed by atoms with Crippen molar-refractivity contribution >= 4 is 11.8 Å². The van der Waals surface area contributed by atoms with Crippen molar-refractivity contribution in [2.24, 2.45) is 0 Å². The molecule has 1 aromatic heterocycles. The molecule has 1 N–H and O–H groups in total. The molecule has 2 atom stereocenters. The number of thioether (sulfide) groups is 1. The Hall–Kier alpha value is -1.54. The van der Waals surface area contributed by atoms with Crippen LogP contribution in [0.15, 0.2) is 43.0 Å². The molecule has 0 amide bonds. The molecule has 1 fully saturated rings. The summed E-state index contributed by atoms with van der Waals surface area (Å²) in [5, 5.41) is 14.6. The molecule has 22 heavy (non-hydrogen) atoms. The lowest BCUT2D eigenvalue weighted by molar-refractivity contribution is -0.0346. The zero-order valence-corrected chi connectivity index (χ0v) is 12.3. The van der Waals surface area contributed by atoms with Gasteiger partial charge in [-0.25, -0.2) is 9.67 Å². The topological polar surface area (TPSA) is 50.9 Å². The number of aliphatic hydroxyl groups excluding tert-OH is 1. The largest absolute Gasteiger partial charge is 0.442 e. The second kappa shape index (κ2) is 5.58. The molecular formula is C14H14F3N3OS. The van der Waals surface area contributed by atoms with Crippen LogP contribution >= 0.6 is 11.8 Å². The van der Waals surface area contributed by atoms with E-state index in [9.17, 15) is 18.3 Å². The van der Waals surface area contributed by atoms with Crippen LogP contribution in [0, 0.1) is 0 Å². The number of halogens is 3. The van der Waals surface area contributed by atoms with E-state index in [2.05, 4.69) is 10.1 Å². The zero-order chi connectivity index (χ0) is 15.8. The summed E-state index contributed by atoms with van der Waals surface area (Å²) in [6.07, 6.45) is 2.30. The second-order valence-electron chi connectivity index (χ2n) is 5.29. The summed E-state index contributed by atoms with van der Waals surface area (Å²) < 4.78 is 38.9. The van der Waals surface area contributed by atoms with E-state index in [0.29, 0.717) is 18.4 Å². The van der Waals surface area contributed by atoms with Crippen LogP contribution in [0.3, 0.4) is 0 Å². The number of benzene rings is 1. The molecule has 2 aromatic rings. The molecule has 1 heterocycles. The summed E-state index contributed by atoms with van der Waals surface area (Å²) in [5.41, 5.74) is -3.79. The van der Waals surface area contributed by atoms with Gasteiger partial charge in [0, 0.05) is 0 Å². The standard InChI is InChI=1S/C14H14F3N3OS/c15-14(16,17)22-13(6-7-13)12(20-9-18-8-19-20)11(21)10-4-2-1-3-5-10/h1-5,8-9,11-12,21H,6-7H2. The molecule has 0 bridgehead atoms. The predicted octanol–water partition coefficient (Wildman–Crippen LogP) is 3.34. The van der Waals surface area contributed by atoms with Gasteiger partial charge < -0.3 is 5.11 Å². The Kier molecular flexibility index (Phi) is 3.90. The van der Waals surface area contributed by atoms with Gasteiger partial charge >= 0.3 is 5.51 Å². The fraction of sp³-hybridized carbons (Fsp3) is 0.429. The first-order valence-corrected chi connectivity index (χ1v) is 7.57. The fourth-order valence-electron chi connectivity index (χ4n) is 2.68. The highest BCUT2D eigenvalue weighted by Crippen LogP contribution is 2.63. The van der Waals surface area contributed by atoms with Crippen LogP contribution in [-0.2, 0) is 0 Å². The van der Waals surface area contributed by atoms with E-state index in [1.807, 2.05) is 0 Å². The highest BCUT2D eigenvalue weighted by Gasteiger charge is 2.59. The van der Waals surface area contributed by atoms with Gasteiger partial charge in [0.15, 0.2) is 0 Å². The van der Waals surface area contributed by atoms with Gasteiger partial charge in [-0.1, -0.05) is 30.3 Å². The van der Waals surface area contributed by atoms with Gasteiger partial charge in [-0.3, -0.25) is 0 Å². The molecule has 0 aliphatic heterocycles. The van der Waals surface area contributed by atoms with Crippen LogP contribution < -0.4 is 0 Å². The molecule has 1 saturated carbocycles. The average Bonchev–Trinajstić information content (AvgIpc) is 3.00. The van der Waals surface area contributed by atoms with Gasteiger partial charge in [-0.05, 0) is 30.2 Å². The van der Waals surface area contributed by atoms with Crippen LogP contribution in [0.1, 0.15) is 30.6 Å². The van der Waals surface area contributed by atoms with Crippen molar-refractivity contribution in [1.82, 2.24) is 14.8 Å². The van der Waals surface area contributed by atoms with Gasteiger partial charge in [0.25, 0.3) is 0 Å². The van der Waals surface area contributed by atoms with E-state index in [1.165, 1.54) is 17.3 Å². The molecule has 1 aliphatic rings. The molecule has 8 heteroatoms. The van der Waals surface area contributed by atoms with E-state index in [4.69, 9.17) is 0 Å². The molecule has 0 saturated heterocycles. The summed E-state index contributed by atoms with van der Waals surface area (Å²) >= 11 is -0.0491. The Morgan fingerprint density at radius 1 is 1.23 bits per heavy atom. The molecule has 3 rings (SSSR count). The minimum atomic E-state index is -4.36. The third-order valence-corrected chi connectivity index (χ3v) is 5.05. The molecule has 118 valence electrons. The van der Waals surface area contributed by atoms with Gasteiger partial charge in [0.05, 0.1) is 10.8 Å². The van der Waals surface area contributed by atoms with Gasteiger partial charge in [-0.2, -0.15) is 18.3 Å². The van der Waals surface area contributed by atoms with E-state index in [1.54, 1.807) is 30.3 Å². The maximum atomic E-state index is 12.9. The highest BCUT2D eigenvalue weighted by atomic mass is 32.2. The summed E-state index contributed by atoms with van der Waals surface area (Å²) in [6, 6.07) is 7.86. The summed E-state index contributed by atoms with van der Waals surface area (Å²) in [7, 11) is 0. The third-order valence-electron chi connectivity index (χ3n) is 3.76. The Bertz CT molecular complexity index is 614. The maximum Gasteiger partial charge on any atom is 0.442 e. The third kappa shape index (κ3) is 3.12. The van der Waals surface area contributed by atoms with Crippen molar-refractivity contribution in [3.8, 4) is 0 Å². The second-order valence-corrected chi connectivity index (χ2v) is 6.77. The Morgan fingerprint density at radius 2 is 1.91 bits per heavy atom. The number of aliphatic hydroxyl groups is 1. The van der Waals surface area contributed by atoms with Crippen LogP contribution in [0.2, 0.25) is 0 Å². The molecule has 1 aliphatic carbocycles. The van der Waals surface area contributed by atoms with E-state index in [-0.39, 0.29) is 11.8 Å². The molecular weight excluding hydrogens is 315 g/mol. The van der Waals surface area contributed by atoms with Crippen molar-refractivity contribution in [3.63, 3.8) is 0 Å². The van der Waals surface area contributed by atoms with Crippen LogP contribution in [-0.4, -0.2) is 30.1 Å². The van der Waals surface area contributed by atoms with E-state index < -0.39 is 22.4 Å². The Labute approximate surface area is 129 Å². The summed E-state index contributed by atoms with van der Waals surface area (Å²) in [5.74, 6) is 0. The quantitative estimate of drug-likeness (QED) is 0.914. The van der Waals surface area contributed by atoms with Crippen molar-refractivity contribution in [2.75, 3.05) is 0 Å². The Morgan fingerprint density at radius 3 is 2.41 bits per heavy atom. The molecule has 0 spiro atoms. The number of aromatic nitrogens is 3. The van der Waals surface area contributed by atoms with E-state index in [0.717, 1.165) is 0 Å². The van der Waals surface area contributed by atoms with Gasteiger partial charge in [0.1, 0.15) is 18.8 Å². The van der Waals surface area contributed by atoms with Crippen LogP contribution in [0.5, 0.6) is 0 Å². The lowest BCUT2D eigenvalue weighted by atomic mass is 9.98. The predicted molar refractivity (Wildman–Crippen MR) is 76.1 cm³/mol. The summed E-state index contributed by atoms with van der Waals surface area (Å²) in [6.45, 7) is 0. The van der Waals surface area contributed by atoms with Gasteiger partial charge in [0.2, 0.25) is 0 Å². The van der Waals surface area contributed by atoms with Crippen molar-refractivity contribution in [2.45, 2.75) is 35.2 Å². The van der Waals surface area contributed by atoms with Crippen LogP contribution in [0.25, 0.3) is 0 Å². The van der Waals surface area contributed by atoms with Crippen LogP contribution in [0.4, 0.5) is 13.2 Å². The Balaban J connectivity index is 1.95. The molecule has 1 aromatic carbocycles. The molecule has 4 nitrogen and oxygen atoms in total. The van der Waals surface area contributed by atoms with Crippen molar-refractivity contribution in [3.05, 3.63) is 48.5 Å². The first-order valence-electron chi connectivity index (χ1n) is 6.75. The first-order chi connectivity index (χ1) is 10.4. The highest BCUT2D eigenvalue weighted by molar-refractivity contribution is 8.01. The number of nitrogens with zero attached hydrogens (tertiary/aromatic N) is 3. The smallest absolute Gasteiger partial charge is 0.386 e. The first kappa shape index (κ1) is 15.4. The summed E-state index contributed by atoms with van der Waals surface area (Å²) in [4.78, 5) is 3.81. The van der Waals surface area contributed by atoms with Crippen molar-refractivity contribution < 1.29 is 18.3 Å². The fourth-order valence-corrected chi connectivity index (χ4v) is 3.80. The SMILES string of the molecule is OC(c1ccccc1)C(n1cncn1)C1(SC(F)(F)F)CC1. The monoisotopic (exact) mass is 329 g/mol. The minimum Gasteiger partial charge on any atom is -0.386 e. The maximum absolute atomic E-state index is 12.9. The number of hydrogen-bond acceptors (Lipinski definition) is 4. The number of rotatable bonds is 5. The van der Waals surface area contributed by atoms with E-state index >= 15 is 0 Å².